The van der Waals surface area contributed by atoms with E-state index in [0.717, 1.165) is 6.54 Å². The highest BCUT2D eigenvalue weighted by atomic mass is 16.4. The van der Waals surface area contributed by atoms with E-state index in [4.69, 9.17) is 5.11 Å². The SMILES string of the molecule is O=C(O)C1NNCC1CNCc1ccccc1. The maximum Gasteiger partial charge on any atom is 0.322 e. The Morgan fingerprint density at radius 3 is 2.88 bits per heavy atom. The summed E-state index contributed by atoms with van der Waals surface area (Å²) in [5, 5.41) is 12.3. The first kappa shape index (κ1) is 12.0. The van der Waals surface area contributed by atoms with E-state index < -0.39 is 12.0 Å². The van der Waals surface area contributed by atoms with Crippen molar-refractivity contribution >= 4 is 5.97 Å². The minimum absolute atomic E-state index is 0.0798. The van der Waals surface area contributed by atoms with Crippen LogP contribution in [0.15, 0.2) is 30.3 Å². The molecule has 0 amide bonds. The summed E-state index contributed by atoms with van der Waals surface area (Å²) in [6, 6.07) is 9.57. The Morgan fingerprint density at radius 1 is 1.41 bits per heavy atom. The Morgan fingerprint density at radius 2 is 2.18 bits per heavy atom. The first-order valence-corrected chi connectivity index (χ1v) is 5.73. The maximum absolute atomic E-state index is 10.9. The predicted molar refractivity (Wildman–Crippen MR) is 64.2 cm³/mol. The normalized spacial score (nSPS) is 23.8. The van der Waals surface area contributed by atoms with Gasteiger partial charge in [-0.1, -0.05) is 30.3 Å². The van der Waals surface area contributed by atoms with Gasteiger partial charge in [0.1, 0.15) is 6.04 Å². The lowest BCUT2D eigenvalue weighted by molar-refractivity contribution is -0.140. The van der Waals surface area contributed by atoms with Gasteiger partial charge in [0.15, 0.2) is 0 Å². The highest BCUT2D eigenvalue weighted by Gasteiger charge is 2.31. The molecule has 5 nitrogen and oxygen atoms in total. The van der Waals surface area contributed by atoms with Gasteiger partial charge >= 0.3 is 5.97 Å². The molecule has 1 fully saturated rings. The Kier molecular flexibility index (Phi) is 4.08. The lowest BCUT2D eigenvalue weighted by Crippen LogP contribution is -2.41. The van der Waals surface area contributed by atoms with Crippen LogP contribution in [0.5, 0.6) is 0 Å². The number of hydrogen-bond acceptors (Lipinski definition) is 4. The summed E-state index contributed by atoms with van der Waals surface area (Å²) < 4.78 is 0. The van der Waals surface area contributed by atoms with Gasteiger partial charge in [-0.2, -0.15) is 0 Å². The van der Waals surface area contributed by atoms with Crippen molar-refractivity contribution in [1.29, 1.82) is 0 Å². The van der Waals surface area contributed by atoms with E-state index in [-0.39, 0.29) is 5.92 Å². The van der Waals surface area contributed by atoms with E-state index in [2.05, 4.69) is 16.2 Å². The van der Waals surface area contributed by atoms with Gasteiger partial charge in [-0.25, -0.2) is 5.43 Å². The van der Waals surface area contributed by atoms with Gasteiger partial charge in [0.2, 0.25) is 0 Å². The number of hydrogen-bond donors (Lipinski definition) is 4. The smallest absolute Gasteiger partial charge is 0.322 e. The molecule has 1 saturated heterocycles. The monoisotopic (exact) mass is 235 g/mol. The zero-order valence-corrected chi connectivity index (χ0v) is 9.52. The third-order valence-corrected chi connectivity index (χ3v) is 2.94. The molecule has 4 N–H and O–H groups in total. The van der Waals surface area contributed by atoms with E-state index in [9.17, 15) is 4.79 Å². The summed E-state index contributed by atoms with van der Waals surface area (Å²) in [7, 11) is 0. The van der Waals surface area contributed by atoms with Crippen LogP contribution < -0.4 is 16.2 Å². The fourth-order valence-electron chi connectivity index (χ4n) is 1.99. The number of carbonyl (C=O) groups is 1. The van der Waals surface area contributed by atoms with E-state index in [1.807, 2.05) is 30.3 Å². The third kappa shape index (κ3) is 3.26. The van der Waals surface area contributed by atoms with Crippen molar-refractivity contribution in [2.75, 3.05) is 13.1 Å². The van der Waals surface area contributed by atoms with Gasteiger partial charge < -0.3 is 10.4 Å². The minimum atomic E-state index is -0.804. The van der Waals surface area contributed by atoms with Gasteiger partial charge in [-0.3, -0.25) is 10.2 Å². The third-order valence-electron chi connectivity index (χ3n) is 2.94. The molecular formula is C12H17N3O2. The van der Waals surface area contributed by atoms with Crippen LogP contribution in [0.3, 0.4) is 0 Å². The second-order valence-electron chi connectivity index (χ2n) is 4.22. The molecule has 2 rings (SSSR count). The van der Waals surface area contributed by atoms with Crippen LogP contribution in [0, 0.1) is 5.92 Å². The topological polar surface area (TPSA) is 73.4 Å². The molecule has 0 aliphatic carbocycles. The summed E-state index contributed by atoms with van der Waals surface area (Å²) in [6.07, 6.45) is 0. The highest BCUT2D eigenvalue weighted by Crippen LogP contribution is 2.07. The Bertz CT molecular complexity index is 369. The molecule has 0 bridgehead atoms. The van der Waals surface area contributed by atoms with Crippen molar-refractivity contribution in [2.24, 2.45) is 5.92 Å². The van der Waals surface area contributed by atoms with Gasteiger partial charge in [0, 0.05) is 25.6 Å². The minimum Gasteiger partial charge on any atom is -0.480 e. The summed E-state index contributed by atoms with van der Waals surface area (Å²) in [5.74, 6) is -0.724. The Hall–Kier alpha value is -1.43. The average molecular weight is 235 g/mol. The fourth-order valence-corrected chi connectivity index (χ4v) is 1.99. The lowest BCUT2D eigenvalue weighted by Gasteiger charge is -2.14. The van der Waals surface area contributed by atoms with Gasteiger partial charge in [0.25, 0.3) is 0 Å². The van der Waals surface area contributed by atoms with Crippen LogP contribution in [-0.4, -0.2) is 30.2 Å². The van der Waals surface area contributed by atoms with E-state index in [1.54, 1.807) is 0 Å². The molecule has 2 atom stereocenters. The van der Waals surface area contributed by atoms with Crippen molar-refractivity contribution in [3.05, 3.63) is 35.9 Å². The quantitative estimate of drug-likeness (QED) is 0.576. The number of carboxylic acids is 1. The molecule has 17 heavy (non-hydrogen) atoms. The molecular weight excluding hydrogens is 218 g/mol. The summed E-state index contributed by atoms with van der Waals surface area (Å²) in [4.78, 5) is 10.9. The maximum atomic E-state index is 10.9. The van der Waals surface area contributed by atoms with Crippen molar-refractivity contribution in [2.45, 2.75) is 12.6 Å². The van der Waals surface area contributed by atoms with Crippen LogP contribution in [-0.2, 0) is 11.3 Å². The molecule has 1 aromatic rings. The molecule has 0 radical (unpaired) electrons. The first-order chi connectivity index (χ1) is 8.27. The number of hydrazine groups is 1. The van der Waals surface area contributed by atoms with E-state index >= 15 is 0 Å². The first-order valence-electron chi connectivity index (χ1n) is 5.73. The number of benzene rings is 1. The molecule has 0 aromatic heterocycles. The summed E-state index contributed by atoms with van der Waals surface area (Å²) >= 11 is 0. The van der Waals surface area contributed by atoms with Crippen LogP contribution in [0.4, 0.5) is 0 Å². The molecule has 1 aromatic carbocycles. The average Bonchev–Trinajstić information content (AvgIpc) is 2.79. The van der Waals surface area contributed by atoms with Crippen LogP contribution in [0.1, 0.15) is 5.56 Å². The molecule has 92 valence electrons. The van der Waals surface area contributed by atoms with Gasteiger partial charge in [-0.15, -0.1) is 0 Å². The molecule has 1 aliphatic heterocycles. The zero-order chi connectivity index (χ0) is 12.1. The predicted octanol–water partition coefficient (Wildman–Crippen LogP) is -0.0466. The van der Waals surface area contributed by atoms with E-state index in [1.165, 1.54) is 5.56 Å². The standard InChI is InChI=1S/C12H17N3O2/c16-12(17)11-10(8-14-15-11)7-13-6-9-4-2-1-3-5-9/h1-5,10-11,13-15H,6-8H2,(H,16,17). The van der Waals surface area contributed by atoms with Gasteiger partial charge in [0.05, 0.1) is 0 Å². The second-order valence-corrected chi connectivity index (χ2v) is 4.22. The number of nitrogens with one attached hydrogen (secondary N) is 3. The van der Waals surface area contributed by atoms with Crippen LogP contribution in [0.25, 0.3) is 0 Å². The summed E-state index contributed by atoms with van der Waals surface area (Å²) in [6.45, 7) is 2.13. The zero-order valence-electron chi connectivity index (χ0n) is 9.52. The molecule has 1 heterocycles. The van der Waals surface area contributed by atoms with Crippen molar-refractivity contribution in [1.82, 2.24) is 16.2 Å². The summed E-state index contributed by atoms with van der Waals surface area (Å²) in [5.41, 5.74) is 6.85. The molecule has 0 saturated carbocycles. The number of aliphatic carboxylic acids is 1. The molecule has 5 heteroatoms. The molecule has 2 unspecified atom stereocenters. The van der Waals surface area contributed by atoms with E-state index in [0.29, 0.717) is 13.1 Å². The fraction of sp³-hybridized carbons (Fsp3) is 0.417. The molecule has 0 spiro atoms. The Labute approximate surface area is 100 Å². The number of carboxylic acid groups (broad SMARTS) is 1. The second kappa shape index (κ2) is 5.77. The van der Waals surface area contributed by atoms with Crippen molar-refractivity contribution in [3.63, 3.8) is 0 Å². The lowest BCUT2D eigenvalue weighted by atomic mass is 10.0. The largest absolute Gasteiger partial charge is 0.480 e. The van der Waals surface area contributed by atoms with Gasteiger partial charge in [-0.05, 0) is 5.56 Å². The highest BCUT2D eigenvalue weighted by molar-refractivity contribution is 5.74. The Balaban J connectivity index is 1.77. The number of rotatable bonds is 5. The van der Waals surface area contributed by atoms with Crippen LogP contribution in [0.2, 0.25) is 0 Å². The molecule has 1 aliphatic rings. The van der Waals surface area contributed by atoms with Crippen molar-refractivity contribution in [3.8, 4) is 0 Å². The van der Waals surface area contributed by atoms with Crippen molar-refractivity contribution < 1.29 is 9.90 Å². The van der Waals surface area contributed by atoms with Crippen LogP contribution >= 0.6 is 0 Å².